The third-order valence-corrected chi connectivity index (χ3v) is 7.08. The molecule has 0 radical (unpaired) electrons. The maximum Gasteiger partial charge on any atom is 0.280 e. The van der Waals surface area contributed by atoms with E-state index in [-0.39, 0.29) is 0 Å². The van der Waals surface area contributed by atoms with Crippen LogP contribution >= 0.6 is 11.3 Å². The highest BCUT2D eigenvalue weighted by atomic mass is 32.2. The minimum absolute atomic E-state index is 0.419. The molecule has 0 amide bonds. The Labute approximate surface area is 132 Å². The van der Waals surface area contributed by atoms with Gasteiger partial charge in [0.2, 0.25) is 0 Å². The van der Waals surface area contributed by atoms with Gasteiger partial charge in [-0.1, -0.05) is 6.92 Å². The molecule has 1 N–H and O–H groups in total. The molecule has 0 bridgehead atoms. The lowest BCUT2D eigenvalue weighted by atomic mass is 10.0. The van der Waals surface area contributed by atoms with Crippen LogP contribution in [-0.4, -0.2) is 30.8 Å². The van der Waals surface area contributed by atoms with Crippen LogP contribution in [0.5, 0.6) is 0 Å². The lowest BCUT2D eigenvalue weighted by molar-refractivity contribution is 0.273. The van der Waals surface area contributed by atoms with Crippen LogP contribution in [0.15, 0.2) is 0 Å². The number of piperidine rings is 1. The topological polar surface area (TPSA) is 62.3 Å². The molecule has 2 rings (SSSR count). The molecule has 1 aromatic rings. The van der Waals surface area contributed by atoms with Crippen LogP contribution in [0.1, 0.15) is 49.2 Å². The van der Waals surface area contributed by atoms with Gasteiger partial charge in [-0.05, 0) is 46.5 Å². The van der Waals surface area contributed by atoms with Gasteiger partial charge in [-0.25, -0.2) is 4.98 Å². The minimum Gasteiger partial charge on any atom is -0.244 e. The maximum atomic E-state index is 12.6. The van der Waals surface area contributed by atoms with Gasteiger partial charge in [-0.3, -0.25) is 0 Å². The van der Waals surface area contributed by atoms with E-state index in [1.165, 1.54) is 0 Å². The van der Waals surface area contributed by atoms with Crippen molar-refractivity contribution in [2.45, 2.75) is 53.0 Å². The fourth-order valence-electron chi connectivity index (χ4n) is 2.54. The van der Waals surface area contributed by atoms with Crippen LogP contribution in [0.2, 0.25) is 0 Å². The van der Waals surface area contributed by atoms with Gasteiger partial charge < -0.3 is 0 Å². The van der Waals surface area contributed by atoms with Crippen molar-refractivity contribution in [2.75, 3.05) is 13.1 Å². The predicted octanol–water partition coefficient (Wildman–Crippen LogP) is 2.56. The zero-order chi connectivity index (χ0) is 15.8. The first-order valence-electron chi connectivity index (χ1n) is 7.35. The zero-order valence-electron chi connectivity index (χ0n) is 13.4. The fourth-order valence-corrected chi connectivity index (χ4v) is 5.26. The molecule has 1 aromatic heterocycles. The molecule has 1 aliphatic rings. The first kappa shape index (κ1) is 16.9. The normalized spacial score (nSPS) is 21.7. The summed E-state index contributed by atoms with van der Waals surface area (Å²) in [7, 11) is -3.48. The van der Waals surface area contributed by atoms with Crippen molar-refractivity contribution in [3.8, 4) is 0 Å². The van der Waals surface area contributed by atoms with Gasteiger partial charge in [0.25, 0.3) is 10.2 Å². The van der Waals surface area contributed by atoms with E-state index in [0.29, 0.717) is 19.0 Å². The molecule has 1 atom stereocenters. The predicted molar refractivity (Wildman–Crippen MR) is 86.6 cm³/mol. The Morgan fingerprint density at radius 3 is 2.57 bits per heavy atom. The van der Waals surface area contributed by atoms with Gasteiger partial charge in [-0.2, -0.15) is 17.4 Å². The Morgan fingerprint density at radius 1 is 1.38 bits per heavy atom. The first-order valence-corrected chi connectivity index (χ1v) is 9.61. The molecule has 0 saturated carbocycles. The highest BCUT2D eigenvalue weighted by Crippen LogP contribution is 2.29. The summed E-state index contributed by atoms with van der Waals surface area (Å²) < 4.78 is 29.6. The summed E-state index contributed by atoms with van der Waals surface area (Å²) >= 11 is 1.55. The number of thiazole rings is 1. The highest BCUT2D eigenvalue weighted by molar-refractivity contribution is 7.87. The van der Waals surface area contributed by atoms with E-state index in [9.17, 15) is 8.42 Å². The molecule has 0 spiro atoms. The second-order valence-electron chi connectivity index (χ2n) is 6.50. The van der Waals surface area contributed by atoms with Crippen molar-refractivity contribution in [2.24, 2.45) is 5.92 Å². The number of rotatable bonds is 4. The molecule has 1 fully saturated rings. The van der Waals surface area contributed by atoms with Crippen molar-refractivity contribution in [3.05, 3.63) is 15.6 Å². The van der Waals surface area contributed by atoms with E-state index in [2.05, 4.69) is 16.6 Å². The van der Waals surface area contributed by atoms with Gasteiger partial charge in [0.1, 0.15) is 5.01 Å². The number of aryl methyl sites for hydroxylation is 2. The molecule has 7 heteroatoms. The summed E-state index contributed by atoms with van der Waals surface area (Å²) in [5.41, 5.74) is 0.275. The van der Waals surface area contributed by atoms with E-state index >= 15 is 0 Å². The lowest BCUT2D eigenvalue weighted by Gasteiger charge is -2.33. The largest absolute Gasteiger partial charge is 0.280 e. The second kappa shape index (κ2) is 5.95. The van der Waals surface area contributed by atoms with Crippen LogP contribution in [0.3, 0.4) is 0 Å². The summed E-state index contributed by atoms with van der Waals surface area (Å²) in [6.07, 6.45) is 2.03. The number of nitrogens with zero attached hydrogens (tertiary/aromatic N) is 2. The van der Waals surface area contributed by atoms with E-state index in [1.807, 2.05) is 27.7 Å². The van der Waals surface area contributed by atoms with Crippen molar-refractivity contribution in [3.63, 3.8) is 0 Å². The molecule has 5 nitrogen and oxygen atoms in total. The average molecular weight is 332 g/mol. The number of hydrogen-bond acceptors (Lipinski definition) is 4. The molecule has 1 aliphatic heterocycles. The zero-order valence-corrected chi connectivity index (χ0v) is 15.1. The van der Waals surface area contributed by atoms with Crippen molar-refractivity contribution in [1.29, 1.82) is 0 Å². The molecule has 2 heterocycles. The summed E-state index contributed by atoms with van der Waals surface area (Å²) in [4.78, 5) is 5.63. The highest BCUT2D eigenvalue weighted by Gasteiger charge is 2.35. The van der Waals surface area contributed by atoms with Crippen LogP contribution < -0.4 is 4.72 Å². The molecular formula is C14H25N3O2S2. The smallest absolute Gasteiger partial charge is 0.244 e. The summed E-state index contributed by atoms with van der Waals surface area (Å²) in [5.74, 6) is 0.419. The van der Waals surface area contributed by atoms with E-state index < -0.39 is 15.7 Å². The van der Waals surface area contributed by atoms with Crippen LogP contribution in [-0.2, 0) is 15.7 Å². The first-order chi connectivity index (χ1) is 9.62. The summed E-state index contributed by atoms with van der Waals surface area (Å²) in [6.45, 7) is 11.0. The molecule has 120 valence electrons. The van der Waals surface area contributed by atoms with Crippen molar-refractivity contribution < 1.29 is 8.42 Å². The molecule has 0 aromatic carbocycles. The lowest BCUT2D eigenvalue weighted by Crippen LogP contribution is -2.51. The Bertz CT molecular complexity index is 588. The monoisotopic (exact) mass is 331 g/mol. The summed E-state index contributed by atoms with van der Waals surface area (Å²) in [5, 5.41) is 0.811. The van der Waals surface area contributed by atoms with Gasteiger partial charge in [0.05, 0.1) is 11.2 Å². The van der Waals surface area contributed by atoms with Gasteiger partial charge in [0, 0.05) is 18.0 Å². The maximum absolute atomic E-state index is 12.6. The minimum atomic E-state index is -3.48. The third-order valence-electron chi connectivity index (χ3n) is 3.91. The Kier molecular flexibility index (Phi) is 4.78. The van der Waals surface area contributed by atoms with Gasteiger partial charge >= 0.3 is 0 Å². The van der Waals surface area contributed by atoms with Gasteiger partial charge in [-0.15, -0.1) is 11.3 Å². The molecular weight excluding hydrogens is 306 g/mol. The van der Waals surface area contributed by atoms with Crippen LogP contribution in [0.25, 0.3) is 0 Å². The van der Waals surface area contributed by atoms with Crippen molar-refractivity contribution in [1.82, 2.24) is 14.0 Å². The fraction of sp³-hybridized carbons (Fsp3) is 0.786. The molecule has 1 unspecified atom stereocenters. The number of nitrogens with one attached hydrogen (secondary N) is 1. The third kappa shape index (κ3) is 3.83. The Balaban J connectivity index is 2.18. The van der Waals surface area contributed by atoms with E-state index in [0.717, 1.165) is 28.4 Å². The average Bonchev–Trinajstić information content (AvgIpc) is 2.69. The number of hydrogen-bond donors (Lipinski definition) is 1. The molecule has 21 heavy (non-hydrogen) atoms. The standard InChI is InChI=1S/C14H25N3O2S2/c1-10-7-6-8-17(9-10)21(18,19)16-14(4,5)13-15-11(2)12(3)20-13/h10,16H,6-9H2,1-5H3. The van der Waals surface area contributed by atoms with Crippen molar-refractivity contribution >= 4 is 21.5 Å². The van der Waals surface area contributed by atoms with Gasteiger partial charge in [0.15, 0.2) is 0 Å². The number of aromatic nitrogens is 1. The molecule has 1 saturated heterocycles. The Morgan fingerprint density at radius 2 is 2.05 bits per heavy atom. The summed E-state index contributed by atoms with van der Waals surface area (Å²) in [6, 6.07) is 0. The Hall–Kier alpha value is -0.500. The SMILES string of the molecule is Cc1nc(C(C)(C)NS(=O)(=O)N2CCCC(C)C2)sc1C. The molecule has 0 aliphatic carbocycles. The van der Waals surface area contributed by atoms with Crippen LogP contribution in [0, 0.1) is 19.8 Å². The van der Waals surface area contributed by atoms with E-state index in [4.69, 9.17) is 0 Å². The van der Waals surface area contributed by atoms with Crippen LogP contribution in [0.4, 0.5) is 0 Å². The quantitative estimate of drug-likeness (QED) is 0.922. The second-order valence-corrected chi connectivity index (χ2v) is 9.37. The van der Waals surface area contributed by atoms with E-state index in [1.54, 1.807) is 15.6 Å².